The van der Waals surface area contributed by atoms with Gasteiger partial charge in [-0.3, -0.25) is 4.79 Å². The highest BCUT2D eigenvalue weighted by Gasteiger charge is 2.56. The minimum Gasteiger partial charge on any atom is -0.353 e. The molecule has 1 heterocycles. The molecule has 2 aliphatic rings. The first-order chi connectivity index (χ1) is 18.8. The van der Waals surface area contributed by atoms with E-state index in [0.717, 1.165) is 50.0 Å². The minimum absolute atomic E-state index is 0.0752. The van der Waals surface area contributed by atoms with Crippen molar-refractivity contribution in [2.75, 3.05) is 33.2 Å². The molecule has 1 saturated carbocycles. The number of nitrogens with one attached hydrogen (secondary N) is 1. The Bertz CT molecular complexity index is 1360. The third kappa shape index (κ3) is 6.55. The maximum atomic E-state index is 13.3. The first kappa shape index (κ1) is 27.8. The lowest BCUT2D eigenvalue weighted by atomic mass is 9.92. The van der Waals surface area contributed by atoms with Crippen LogP contribution >= 0.6 is 11.6 Å². The summed E-state index contributed by atoms with van der Waals surface area (Å²) in [6, 6.07) is 26.5. The SMILES string of the molecule is CN(C[C@@]1(c2ccc(Cl)cc2)C[C@H]1CN1CCC(NC(=O)Cc2ccccc2)CC1)S(=O)(=O)c1ccccc1. The third-order valence-corrected chi connectivity index (χ3v) is 10.3. The van der Waals surface area contributed by atoms with Gasteiger partial charge in [-0.1, -0.05) is 72.3 Å². The van der Waals surface area contributed by atoms with Gasteiger partial charge in [-0.25, -0.2) is 12.7 Å². The second-order valence-corrected chi connectivity index (χ2v) is 13.4. The molecule has 0 bridgehead atoms. The number of sulfonamides is 1. The summed E-state index contributed by atoms with van der Waals surface area (Å²) in [6.07, 6.45) is 3.18. The molecule has 1 aliphatic heterocycles. The van der Waals surface area contributed by atoms with E-state index in [1.54, 1.807) is 31.3 Å². The van der Waals surface area contributed by atoms with Crippen molar-refractivity contribution in [2.45, 2.75) is 42.0 Å². The minimum atomic E-state index is -3.59. The molecule has 1 N–H and O–H groups in total. The van der Waals surface area contributed by atoms with Crippen molar-refractivity contribution in [3.63, 3.8) is 0 Å². The zero-order valence-electron chi connectivity index (χ0n) is 22.3. The van der Waals surface area contributed by atoms with Gasteiger partial charge in [0.05, 0.1) is 11.3 Å². The number of amides is 1. The molecule has 0 unspecified atom stereocenters. The Hall–Kier alpha value is -2.71. The Morgan fingerprint density at radius 1 is 0.974 bits per heavy atom. The van der Waals surface area contributed by atoms with E-state index in [0.29, 0.717) is 28.8 Å². The average molecular weight is 566 g/mol. The summed E-state index contributed by atoms with van der Waals surface area (Å²) in [4.78, 5) is 15.3. The summed E-state index contributed by atoms with van der Waals surface area (Å²) in [5.74, 6) is 0.419. The number of likely N-dealkylation sites (tertiary alicyclic amines) is 1. The molecular formula is C31H36ClN3O3S. The predicted molar refractivity (Wildman–Crippen MR) is 155 cm³/mol. The van der Waals surface area contributed by atoms with Crippen LogP contribution in [0.4, 0.5) is 0 Å². The Balaban J connectivity index is 1.20. The molecule has 0 spiro atoms. The highest BCUT2D eigenvalue weighted by molar-refractivity contribution is 7.89. The van der Waals surface area contributed by atoms with Gasteiger partial charge in [0.25, 0.3) is 0 Å². The summed E-state index contributed by atoms with van der Waals surface area (Å²) in [5.41, 5.74) is 1.91. The topological polar surface area (TPSA) is 69.7 Å². The van der Waals surface area contributed by atoms with Crippen LogP contribution in [-0.2, 0) is 26.7 Å². The smallest absolute Gasteiger partial charge is 0.242 e. The van der Waals surface area contributed by atoms with Gasteiger partial charge in [-0.05, 0) is 60.6 Å². The van der Waals surface area contributed by atoms with E-state index in [1.807, 2.05) is 60.7 Å². The van der Waals surface area contributed by atoms with Crippen LogP contribution in [0.25, 0.3) is 0 Å². The molecule has 3 aromatic carbocycles. The van der Waals surface area contributed by atoms with Crippen LogP contribution in [0.2, 0.25) is 5.02 Å². The first-order valence-electron chi connectivity index (χ1n) is 13.6. The van der Waals surface area contributed by atoms with Crippen molar-refractivity contribution in [1.82, 2.24) is 14.5 Å². The molecule has 1 amide bonds. The average Bonchev–Trinajstić information content (AvgIpc) is 3.63. The number of likely N-dealkylation sites (N-methyl/N-ethyl adjacent to an activating group) is 1. The summed E-state index contributed by atoms with van der Waals surface area (Å²) >= 11 is 6.18. The van der Waals surface area contributed by atoms with Gasteiger partial charge in [0.1, 0.15) is 0 Å². The summed E-state index contributed by atoms with van der Waals surface area (Å²) in [6.45, 7) is 3.17. The van der Waals surface area contributed by atoms with Crippen LogP contribution in [0.5, 0.6) is 0 Å². The van der Waals surface area contributed by atoms with Gasteiger partial charge in [0, 0.05) is 49.7 Å². The van der Waals surface area contributed by atoms with Crippen molar-refractivity contribution in [2.24, 2.45) is 5.92 Å². The lowest BCUT2D eigenvalue weighted by Gasteiger charge is -2.33. The zero-order chi connectivity index (χ0) is 27.5. The lowest BCUT2D eigenvalue weighted by Crippen LogP contribution is -2.46. The molecular weight excluding hydrogens is 530 g/mol. The van der Waals surface area contributed by atoms with Crippen LogP contribution < -0.4 is 5.32 Å². The van der Waals surface area contributed by atoms with Gasteiger partial charge in [-0.15, -0.1) is 0 Å². The zero-order valence-corrected chi connectivity index (χ0v) is 23.9. The number of hydrogen-bond donors (Lipinski definition) is 1. The third-order valence-electron chi connectivity index (χ3n) is 8.25. The van der Waals surface area contributed by atoms with Crippen LogP contribution in [0.3, 0.4) is 0 Å². The lowest BCUT2D eigenvalue weighted by molar-refractivity contribution is -0.121. The maximum Gasteiger partial charge on any atom is 0.242 e. The standard InChI is InChI=1S/C31H36ClN3O3S/c1-34(39(37,38)29-10-6-3-7-11-29)23-31(25-12-14-27(32)15-13-25)21-26(31)22-35-18-16-28(17-19-35)33-30(36)20-24-8-4-2-5-9-24/h2-15,26,28H,16-23H2,1H3,(H,33,36)/t26-,31+/m0/s1. The Labute approximate surface area is 237 Å². The van der Waals surface area contributed by atoms with Gasteiger partial charge in [-0.2, -0.15) is 0 Å². The Morgan fingerprint density at radius 3 is 2.23 bits per heavy atom. The van der Waals surface area contributed by atoms with Crippen LogP contribution in [0.1, 0.15) is 30.4 Å². The number of halogens is 1. The second kappa shape index (κ2) is 11.8. The highest BCUT2D eigenvalue weighted by Crippen LogP contribution is 2.55. The van der Waals surface area contributed by atoms with Gasteiger partial charge in [0.2, 0.25) is 15.9 Å². The Kier molecular flexibility index (Phi) is 8.43. The fourth-order valence-electron chi connectivity index (χ4n) is 5.93. The monoisotopic (exact) mass is 565 g/mol. The van der Waals surface area contributed by atoms with Crippen LogP contribution in [0, 0.1) is 5.92 Å². The summed E-state index contributed by atoms with van der Waals surface area (Å²) in [7, 11) is -1.91. The van der Waals surface area contributed by atoms with E-state index < -0.39 is 10.0 Å². The van der Waals surface area contributed by atoms with E-state index in [4.69, 9.17) is 11.6 Å². The van der Waals surface area contributed by atoms with Gasteiger partial charge < -0.3 is 10.2 Å². The van der Waals surface area contributed by atoms with E-state index in [1.165, 1.54) is 4.31 Å². The molecule has 0 radical (unpaired) electrons. The summed E-state index contributed by atoms with van der Waals surface area (Å²) < 4.78 is 28.1. The van der Waals surface area contributed by atoms with Crippen molar-refractivity contribution >= 4 is 27.5 Å². The normalized spacial score (nSPS) is 22.1. The molecule has 8 heteroatoms. The molecule has 206 valence electrons. The van der Waals surface area contributed by atoms with Gasteiger partial charge >= 0.3 is 0 Å². The fourth-order valence-corrected chi connectivity index (χ4v) is 7.31. The number of hydrogen-bond acceptors (Lipinski definition) is 4. The molecule has 0 aromatic heterocycles. The predicted octanol–water partition coefficient (Wildman–Crippen LogP) is 4.74. The maximum absolute atomic E-state index is 13.3. The molecule has 2 fully saturated rings. The van der Waals surface area contributed by atoms with Crippen LogP contribution in [0.15, 0.2) is 89.8 Å². The molecule has 1 aliphatic carbocycles. The van der Waals surface area contributed by atoms with Crippen LogP contribution in [-0.4, -0.2) is 62.8 Å². The highest BCUT2D eigenvalue weighted by atomic mass is 35.5. The Morgan fingerprint density at radius 2 is 1.59 bits per heavy atom. The number of rotatable bonds is 10. The molecule has 5 rings (SSSR count). The number of piperidine rings is 1. The molecule has 39 heavy (non-hydrogen) atoms. The van der Waals surface area contributed by atoms with Crippen molar-refractivity contribution in [3.05, 3.63) is 101 Å². The number of benzene rings is 3. The van der Waals surface area contributed by atoms with Gasteiger partial charge in [0.15, 0.2) is 0 Å². The van der Waals surface area contributed by atoms with E-state index in [-0.39, 0.29) is 17.4 Å². The van der Waals surface area contributed by atoms with Crippen molar-refractivity contribution < 1.29 is 13.2 Å². The molecule has 1 saturated heterocycles. The van der Waals surface area contributed by atoms with Crippen molar-refractivity contribution in [1.29, 1.82) is 0 Å². The largest absolute Gasteiger partial charge is 0.353 e. The van der Waals surface area contributed by atoms with E-state index in [9.17, 15) is 13.2 Å². The quantitative estimate of drug-likeness (QED) is 0.385. The summed E-state index contributed by atoms with van der Waals surface area (Å²) in [5, 5.41) is 3.88. The van der Waals surface area contributed by atoms with E-state index in [2.05, 4.69) is 10.2 Å². The fraction of sp³-hybridized carbons (Fsp3) is 0.387. The number of carbonyl (C=O) groups excluding carboxylic acids is 1. The number of carbonyl (C=O) groups is 1. The second-order valence-electron chi connectivity index (χ2n) is 10.9. The van der Waals surface area contributed by atoms with Crippen molar-refractivity contribution in [3.8, 4) is 0 Å². The van der Waals surface area contributed by atoms with E-state index >= 15 is 0 Å². The first-order valence-corrected chi connectivity index (χ1v) is 15.4. The molecule has 2 atom stereocenters. The molecule has 6 nitrogen and oxygen atoms in total. The number of nitrogens with zero attached hydrogens (tertiary/aromatic N) is 2. The molecule has 3 aromatic rings.